The van der Waals surface area contributed by atoms with Crippen molar-refractivity contribution >= 4 is 56.7 Å². The molecule has 0 bridgehead atoms. The number of halogens is 2. The molecule has 2 aromatic rings. The first-order valence-corrected chi connectivity index (χ1v) is 8.75. The number of anilines is 3. The lowest BCUT2D eigenvalue weighted by atomic mass is 10.2. The number of amidine groups is 1. The van der Waals surface area contributed by atoms with E-state index in [1.54, 1.807) is 0 Å². The molecule has 0 radical (unpaired) electrons. The van der Waals surface area contributed by atoms with Gasteiger partial charge in [-0.25, -0.2) is 27.1 Å². The van der Waals surface area contributed by atoms with E-state index in [9.17, 15) is 27.1 Å². The molecule has 27 heavy (non-hydrogen) atoms. The molecule has 2 rings (SSSR count). The molecule has 1 unspecified atom stereocenters. The minimum absolute atomic E-state index is 0.324. The van der Waals surface area contributed by atoms with Gasteiger partial charge in [0.15, 0.2) is 17.3 Å². The Hall–Kier alpha value is -2.97. The average molecular weight is 419 g/mol. The summed E-state index contributed by atoms with van der Waals surface area (Å²) in [6, 6.07) is 1.26. The predicted octanol–water partition coefficient (Wildman–Crippen LogP) is 1.66. The fourth-order valence-electron chi connectivity index (χ4n) is 1.96. The summed E-state index contributed by atoms with van der Waals surface area (Å²) in [7, 11) is 0. The Morgan fingerprint density at radius 1 is 1.37 bits per heavy atom. The molecule has 1 aromatic carbocycles. The molecule has 0 fully saturated rings. The van der Waals surface area contributed by atoms with Gasteiger partial charge in [0.2, 0.25) is 5.91 Å². The molecule has 0 aliphatic carbocycles. The van der Waals surface area contributed by atoms with Crippen molar-refractivity contribution in [1.29, 1.82) is 5.41 Å². The number of nitrogens with two attached hydrogens (primary N) is 1. The fourth-order valence-corrected chi connectivity index (χ4v) is 3.51. The number of thiazole rings is 1. The second-order valence-corrected chi connectivity index (χ2v) is 6.53. The summed E-state index contributed by atoms with van der Waals surface area (Å²) in [5, 5.41) is 17.6. The molecule has 0 saturated carbocycles. The number of carbonyl (C=O) groups excluding carboxylic acids is 1. The summed E-state index contributed by atoms with van der Waals surface area (Å²) in [5.41, 5.74) is 4.20. The summed E-state index contributed by atoms with van der Waals surface area (Å²) >= 11 is -2.21. The van der Waals surface area contributed by atoms with Crippen LogP contribution in [0.3, 0.4) is 0 Å². The topological polar surface area (TPSA) is 170 Å². The fraction of sp³-hybridized carbons (Fsp3) is 0.0769. The summed E-state index contributed by atoms with van der Waals surface area (Å²) in [6.45, 7) is 0. The van der Waals surface area contributed by atoms with E-state index in [-0.39, 0.29) is 5.00 Å². The normalized spacial score (nSPS) is 11.7. The molecule has 0 aliphatic rings. The lowest BCUT2D eigenvalue weighted by Gasteiger charge is -2.19. The van der Waals surface area contributed by atoms with Crippen LogP contribution in [0.15, 0.2) is 17.6 Å². The van der Waals surface area contributed by atoms with Gasteiger partial charge in [0.05, 0.1) is 17.6 Å². The predicted molar refractivity (Wildman–Crippen MR) is 93.5 cm³/mol. The molecule has 1 atom stereocenters. The average Bonchev–Trinajstić information content (AvgIpc) is 2.99. The van der Waals surface area contributed by atoms with Crippen molar-refractivity contribution in [2.75, 3.05) is 9.62 Å². The first kappa shape index (κ1) is 20.3. The standard InChI is InChI=1S/C13H11F2N5O5S2/c14-6-1-5(2-7(15)10(6)19-9(21)3-8(16)17)20(27(24)25)12-11(13(22)23)18-4-26-12/h1-2,4H,3H2,(H3,16,17)(H,19,21)(H,22,23)(H,24,25). The third-order valence-electron chi connectivity index (χ3n) is 2.97. The molecule has 0 aliphatic heterocycles. The van der Waals surface area contributed by atoms with Gasteiger partial charge in [0, 0.05) is 12.1 Å². The van der Waals surface area contributed by atoms with Crippen LogP contribution in [0.4, 0.5) is 25.2 Å². The number of rotatable bonds is 7. The highest BCUT2D eigenvalue weighted by atomic mass is 32.2. The minimum atomic E-state index is -2.88. The van der Waals surface area contributed by atoms with Crippen molar-refractivity contribution < 1.29 is 32.2 Å². The number of nitrogens with one attached hydrogen (secondary N) is 2. The van der Waals surface area contributed by atoms with Crippen molar-refractivity contribution in [1.82, 2.24) is 4.98 Å². The molecule has 0 saturated heterocycles. The van der Waals surface area contributed by atoms with Gasteiger partial charge in [0.1, 0.15) is 16.5 Å². The van der Waals surface area contributed by atoms with E-state index in [0.717, 1.165) is 5.51 Å². The zero-order chi connectivity index (χ0) is 20.3. The highest BCUT2D eigenvalue weighted by Crippen LogP contribution is 2.35. The van der Waals surface area contributed by atoms with Crippen LogP contribution in [0.25, 0.3) is 0 Å². The van der Waals surface area contributed by atoms with Gasteiger partial charge >= 0.3 is 5.97 Å². The first-order chi connectivity index (χ1) is 12.6. The Bertz CT molecular complexity index is 928. The van der Waals surface area contributed by atoms with Gasteiger partial charge in [-0.2, -0.15) is 0 Å². The van der Waals surface area contributed by atoms with Crippen LogP contribution in [0.1, 0.15) is 16.9 Å². The van der Waals surface area contributed by atoms with Crippen molar-refractivity contribution in [3.8, 4) is 0 Å². The van der Waals surface area contributed by atoms with Crippen LogP contribution in [0.2, 0.25) is 0 Å². The number of carboxylic acid groups (broad SMARTS) is 1. The third kappa shape index (κ3) is 4.60. The summed E-state index contributed by atoms with van der Waals surface area (Å²) in [5.74, 6) is -5.54. The molecular formula is C13H11F2N5O5S2. The lowest BCUT2D eigenvalue weighted by Crippen LogP contribution is -2.23. The second-order valence-electron chi connectivity index (χ2n) is 4.87. The number of aromatic nitrogens is 1. The largest absolute Gasteiger partial charge is 0.476 e. The molecule has 144 valence electrons. The Morgan fingerprint density at radius 2 is 1.96 bits per heavy atom. The molecular weight excluding hydrogens is 408 g/mol. The maximum Gasteiger partial charge on any atom is 0.357 e. The van der Waals surface area contributed by atoms with Gasteiger partial charge in [0.25, 0.3) is 11.3 Å². The summed E-state index contributed by atoms with van der Waals surface area (Å²) in [4.78, 5) is 26.2. The highest BCUT2D eigenvalue weighted by Gasteiger charge is 2.27. The van der Waals surface area contributed by atoms with E-state index < -0.39 is 64.1 Å². The van der Waals surface area contributed by atoms with E-state index in [0.29, 0.717) is 27.8 Å². The van der Waals surface area contributed by atoms with Gasteiger partial charge in [-0.15, -0.1) is 11.3 Å². The van der Waals surface area contributed by atoms with E-state index >= 15 is 0 Å². The van der Waals surface area contributed by atoms with Gasteiger partial charge < -0.3 is 16.2 Å². The number of hydrogen-bond acceptors (Lipinski definition) is 6. The van der Waals surface area contributed by atoms with Crippen LogP contribution in [-0.4, -0.2) is 36.6 Å². The van der Waals surface area contributed by atoms with Gasteiger partial charge in [-0.1, -0.05) is 0 Å². The maximum atomic E-state index is 14.3. The van der Waals surface area contributed by atoms with Gasteiger partial charge in [-0.05, 0) is 0 Å². The summed E-state index contributed by atoms with van der Waals surface area (Å²) < 4.78 is 50.1. The van der Waals surface area contributed by atoms with E-state index in [1.807, 2.05) is 5.32 Å². The number of hydrogen-bond donors (Lipinski definition) is 5. The lowest BCUT2D eigenvalue weighted by molar-refractivity contribution is -0.115. The Labute approximate surface area is 156 Å². The molecule has 6 N–H and O–H groups in total. The molecule has 10 nitrogen and oxygen atoms in total. The number of amides is 1. The SMILES string of the molecule is N=C(N)CC(=O)Nc1c(F)cc(N(c2scnc2C(=O)O)S(=O)O)cc1F. The van der Waals surface area contributed by atoms with Crippen molar-refractivity contribution in [3.05, 3.63) is 35.0 Å². The minimum Gasteiger partial charge on any atom is -0.476 e. The number of aromatic carboxylic acids is 1. The van der Waals surface area contributed by atoms with Crippen LogP contribution in [0, 0.1) is 17.0 Å². The van der Waals surface area contributed by atoms with Crippen LogP contribution in [0.5, 0.6) is 0 Å². The molecule has 1 amide bonds. The second kappa shape index (κ2) is 8.15. The monoisotopic (exact) mass is 419 g/mol. The highest BCUT2D eigenvalue weighted by molar-refractivity contribution is 7.81. The van der Waals surface area contributed by atoms with Crippen molar-refractivity contribution in [2.24, 2.45) is 5.73 Å². The van der Waals surface area contributed by atoms with Crippen LogP contribution in [-0.2, 0) is 16.1 Å². The first-order valence-electron chi connectivity index (χ1n) is 6.81. The molecule has 14 heteroatoms. The maximum absolute atomic E-state index is 14.3. The molecule has 1 aromatic heterocycles. The smallest absolute Gasteiger partial charge is 0.357 e. The summed E-state index contributed by atoms with van der Waals surface area (Å²) in [6.07, 6.45) is -0.587. The van der Waals surface area contributed by atoms with E-state index in [4.69, 9.17) is 16.2 Å². The number of benzene rings is 1. The zero-order valence-corrected chi connectivity index (χ0v) is 14.7. The molecule has 0 spiro atoms. The van der Waals surface area contributed by atoms with Crippen LogP contribution >= 0.6 is 11.3 Å². The van der Waals surface area contributed by atoms with Crippen molar-refractivity contribution in [2.45, 2.75) is 6.42 Å². The van der Waals surface area contributed by atoms with E-state index in [2.05, 4.69) is 4.98 Å². The number of carbonyl (C=O) groups is 2. The Kier molecular flexibility index (Phi) is 6.14. The Balaban J connectivity index is 2.46. The van der Waals surface area contributed by atoms with Crippen molar-refractivity contribution in [3.63, 3.8) is 0 Å². The third-order valence-corrected chi connectivity index (χ3v) is 4.60. The van der Waals surface area contributed by atoms with Gasteiger partial charge in [-0.3, -0.25) is 14.8 Å². The number of carboxylic acids is 1. The van der Waals surface area contributed by atoms with Crippen LogP contribution < -0.4 is 15.4 Å². The quantitative estimate of drug-likeness (QED) is 0.258. The molecule has 1 heterocycles. The van der Waals surface area contributed by atoms with E-state index in [1.165, 1.54) is 0 Å². The number of nitrogens with zero attached hydrogens (tertiary/aromatic N) is 2. The zero-order valence-electron chi connectivity index (χ0n) is 13.1. The Morgan fingerprint density at radius 3 is 2.44 bits per heavy atom.